The smallest absolute Gasteiger partial charge is 0.242 e. The summed E-state index contributed by atoms with van der Waals surface area (Å²) in [7, 11) is 0. The monoisotopic (exact) mass is 454 g/mol. The Hall–Kier alpha value is -2.96. The molecule has 0 unspecified atom stereocenters. The minimum Gasteiger partial charge on any atom is -0.467 e. The molecule has 2 heterocycles. The molecular formula is C26H34N2O5. The van der Waals surface area contributed by atoms with Gasteiger partial charge in [0.15, 0.2) is 11.5 Å². The van der Waals surface area contributed by atoms with E-state index in [-0.39, 0.29) is 25.2 Å². The number of amides is 2. The summed E-state index contributed by atoms with van der Waals surface area (Å²) in [6.07, 6.45) is 8.89. The van der Waals surface area contributed by atoms with E-state index in [1.807, 2.05) is 37.3 Å². The predicted molar refractivity (Wildman–Crippen MR) is 124 cm³/mol. The van der Waals surface area contributed by atoms with Crippen molar-refractivity contribution in [2.75, 3.05) is 19.9 Å². The third-order valence-corrected chi connectivity index (χ3v) is 6.50. The Balaban J connectivity index is 1.42. The fourth-order valence-electron chi connectivity index (χ4n) is 4.69. The second-order valence-corrected chi connectivity index (χ2v) is 9.02. The number of rotatable bonds is 11. The number of ether oxygens (including phenoxy) is 2. The SMILES string of the molecule is CCCN(CC(=O)N(Cc1ccc2c(c1)OCO2)Cc1ccco1)C(=O)CCC1CCCC1. The van der Waals surface area contributed by atoms with Crippen molar-refractivity contribution in [2.45, 2.75) is 65.0 Å². The summed E-state index contributed by atoms with van der Waals surface area (Å²) in [6.45, 7) is 3.66. The number of hydrogen-bond donors (Lipinski definition) is 0. The lowest BCUT2D eigenvalue weighted by atomic mass is 10.0. The molecule has 2 aromatic rings. The first-order valence-corrected chi connectivity index (χ1v) is 12.1. The summed E-state index contributed by atoms with van der Waals surface area (Å²) >= 11 is 0. The zero-order valence-corrected chi connectivity index (χ0v) is 19.5. The van der Waals surface area contributed by atoms with E-state index in [2.05, 4.69) is 0 Å². The molecule has 0 spiro atoms. The molecule has 7 nitrogen and oxygen atoms in total. The van der Waals surface area contributed by atoms with E-state index in [1.165, 1.54) is 25.7 Å². The van der Waals surface area contributed by atoms with Gasteiger partial charge in [0.05, 0.1) is 19.4 Å². The van der Waals surface area contributed by atoms with Crippen LogP contribution in [0.3, 0.4) is 0 Å². The Morgan fingerprint density at radius 2 is 1.82 bits per heavy atom. The first-order valence-electron chi connectivity index (χ1n) is 12.1. The van der Waals surface area contributed by atoms with Gasteiger partial charge in [0.2, 0.25) is 18.6 Å². The molecule has 1 aromatic carbocycles. The maximum absolute atomic E-state index is 13.4. The van der Waals surface area contributed by atoms with Gasteiger partial charge in [0, 0.05) is 19.5 Å². The number of furan rings is 1. The van der Waals surface area contributed by atoms with E-state index in [4.69, 9.17) is 13.9 Å². The minimum atomic E-state index is -0.0910. The molecule has 2 amide bonds. The molecule has 1 aromatic heterocycles. The molecule has 1 aliphatic carbocycles. The van der Waals surface area contributed by atoms with Gasteiger partial charge in [-0.2, -0.15) is 0 Å². The van der Waals surface area contributed by atoms with E-state index < -0.39 is 0 Å². The molecule has 0 atom stereocenters. The van der Waals surface area contributed by atoms with E-state index in [1.54, 1.807) is 16.1 Å². The summed E-state index contributed by atoms with van der Waals surface area (Å²) in [5.41, 5.74) is 0.939. The predicted octanol–water partition coefficient (Wildman–Crippen LogP) is 4.75. The second kappa shape index (κ2) is 11.3. The Morgan fingerprint density at radius 1 is 1.00 bits per heavy atom. The van der Waals surface area contributed by atoms with Crippen LogP contribution in [0.5, 0.6) is 11.5 Å². The largest absolute Gasteiger partial charge is 0.467 e. The minimum absolute atomic E-state index is 0.0816. The quantitative estimate of drug-likeness (QED) is 0.490. The van der Waals surface area contributed by atoms with Crippen LogP contribution in [0.15, 0.2) is 41.0 Å². The average Bonchev–Trinajstić information content (AvgIpc) is 3.59. The summed E-state index contributed by atoms with van der Waals surface area (Å²) < 4.78 is 16.4. The van der Waals surface area contributed by atoms with Crippen LogP contribution in [0.4, 0.5) is 0 Å². The Morgan fingerprint density at radius 3 is 2.58 bits per heavy atom. The molecule has 0 saturated heterocycles. The van der Waals surface area contributed by atoms with Gasteiger partial charge in [-0.1, -0.05) is 38.7 Å². The van der Waals surface area contributed by atoms with Gasteiger partial charge in [-0.05, 0) is 48.6 Å². The van der Waals surface area contributed by atoms with Crippen molar-refractivity contribution in [3.05, 3.63) is 47.9 Å². The number of carbonyl (C=O) groups excluding carboxylic acids is 2. The Kier molecular flexibility index (Phi) is 7.92. The van der Waals surface area contributed by atoms with Crippen LogP contribution >= 0.6 is 0 Å². The van der Waals surface area contributed by atoms with Crippen LogP contribution in [-0.2, 0) is 22.7 Å². The van der Waals surface area contributed by atoms with Crippen LogP contribution in [0.1, 0.15) is 63.2 Å². The summed E-state index contributed by atoms with van der Waals surface area (Å²) in [5.74, 6) is 2.76. The molecule has 0 radical (unpaired) electrons. The number of benzene rings is 1. The molecule has 1 aliphatic heterocycles. The maximum Gasteiger partial charge on any atom is 0.242 e. The molecule has 178 valence electrons. The fourth-order valence-corrected chi connectivity index (χ4v) is 4.69. The summed E-state index contributed by atoms with van der Waals surface area (Å²) in [4.78, 5) is 29.8. The van der Waals surface area contributed by atoms with Gasteiger partial charge in [0.25, 0.3) is 0 Å². The molecule has 33 heavy (non-hydrogen) atoms. The number of carbonyl (C=O) groups is 2. The highest BCUT2D eigenvalue weighted by atomic mass is 16.7. The van der Waals surface area contributed by atoms with E-state index in [0.717, 1.165) is 18.4 Å². The molecular weight excluding hydrogens is 420 g/mol. The van der Waals surface area contributed by atoms with Crippen LogP contribution < -0.4 is 9.47 Å². The van der Waals surface area contributed by atoms with E-state index in [9.17, 15) is 9.59 Å². The van der Waals surface area contributed by atoms with Crippen LogP contribution in [0.25, 0.3) is 0 Å². The highest BCUT2D eigenvalue weighted by molar-refractivity contribution is 5.84. The maximum atomic E-state index is 13.4. The highest BCUT2D eigenvalue weighted by Crippen LogP contribution is 2.33. The topological polar surface area (TPSA) is 72.2 Å². The average molecular weight is 455 g/mol. The van der Waals surface area contributed by atoms with Crippen molar-refractivity contribution in [2.24, 2.45) is 5.92 Å². The van der Waals surface area contributed by atoms with E-state index >= 15 is 0 Å². The highest BCUT2D eigenvalue weighted by Gasteiger charge is 2.24. The van der Waals surface area contributed by atoms with Gasteiger partial charge >= 0.3 is 0 Å². The van der Waals surface area contributed by atoms with Crippen molar-refractivity contribution >= 4 is 11.8 Å². The van der Waals surface area contributed by atoms with Crippen molar-refractivity contribution in [3.63, 3.8) is 0 Å². The van der Waals surface area contributed by atoms with Crippen LogP contribution in [-0.4, -0.2) is 41.5 Å². The van der Waals surface area contributed by atoms with Crippen molar-refractivity contribution in [3.8, 4) is 11.5 Å². The molecule has 0 bridgehead atoms. The Labute approximate surface area is 195 Å². The molecule has 0 N–H and O–H groups in total. The third-order valence-electron chi connectivity index (χ3n) is 6.50. The standard InChI is InChI=1S/C26H34N2O5/c1-2-13-27(25(29)12-10-20-6-3-4-7-20)18-26(30)28(17-22-8-5-14-31-22)16-21-9-11-23-24(15-21)33-19-32-23/h5,8-9,11,14-15,20H,2-4,6-7,10,12-13,16-19H2,1H3. The lowest BCUT2D eigenvalue weighted by Gasteiger charge is -2.27. The van der Waals surface area contributed by atoms with Crippen molar-refractivity contribution < 1.29 is 23.5 Å². The van der Waals surface area contributed by atoms with Crippen LogP contribution in [0.2, 0.25) is 0 Å². The summed E-state index contributed by atoms with van der Waals surface area (Å²) in [5, 5.41) is 0. The van der Waals surface area contributed by atoms with Crippen molar-refractivity contribution in [1.29, 1.82) is 0 Å². The molecule has 1 saturated carbocycles. The Bertz CT molecular complexity index is 921. The number of hydrogen-bond acceptors (Lipinski definition) is 5. The lowest BCUT2D eigenvalue weighted by molar-refractivity contribution is -0.141. The second-order valence-electron chi connectivity index (χ2n) is 9.02. The van der Waals surface area contributed by atoms with Gasteiger partial charge in [0.1, 0.15) is 5.76 Å². The lowest BCUT2D eigenvalue weighted by Crippen LogP contribution is -2.42. The van der Waals surface area contributed by atoms with Crippen LogP contribution in [0, 0.1) is 5.92 Å². The van der Waals surface area contributed by atoms with Crippen molar-refractivity contribution in [1.82, 2.24) is 9.80 Å². The third kappa shape index (κ3) is 6.30. The molecule has 2 aliphatic rings. The zero-order chi connectivity index (χ0) is 23.0. The number of nitrogens with zero attached hydrogens (tertiary/aromatic N) is 2. The van der Waals surface area contributed by atoms with Gasteiger partial charge < -0.3 is 23.7 Å². The normalized spacial score (nSPS) is 15.1. The van der Waals surface area contributed by atoms with E-state index in [0.29, 0.717) is 49.2 Å². The first kappa shape index (κ1) is 23.2. The number of fused-ring (bicyclic) bond motifs is 1. The first-order chi connectivity index (χ1) is 16.1. The van der Waals surface area contributed by atoms with Gasteiger partial charge in [-0.3, -0.25) is 9.59 Å². The van der Waals surface area contributed by atoms with Gasteiger partial charge in [-0.15, -0.1) is 0 Å². The van der Waals surface area contributed by atoms with Gasteiger partial charge in [-0.25, -0.2) is 0 Å². The fraction of sp³-hybridized carbons (Fsp3) is 0.538. The molecule has 1 fully saturated rings. The molecule has 7 heteroatoms. The summed E-state index contributed by atoms with van der Waals surface area (Å²) in [6, 6.07) is 9.38. The zero-order valence-electron chi connectivity index (χ0n) is 19.5. The molecule has 4 rings (SSSR count).